The fourth-order valence-corrected chi connectivity index (χ4v) is 4.89. The Morgan fingerprint density at radius 3 is 2.53 bits per heavy atom. The van der Waals surface area contributed by atoms with Crippen LogP contribution in [-0.4, -0.2) is 49.1 Å². The summed E-state index contributed by atoms with van der Waals surface area (Å²) < 4.78 is 17.6. The molecule has 0 saturated carbocycles. The third-order valence-corrected chi connectivity index (χ3v) is 6.48. The molecule has 178 valence electrons. The van der Waals surface area contributed by atoms with Crippen LogP contribution in [-0.2, 0) is 31.2 Å². The van der Waals surface area contributed by atoms with Gasteiger partial charge in [0.2, 0.25) is 5.91 Å². The first-order valence-electron chi connectivity index (χ1n) is 11.0. The lowest BCUT2D eigenvalue weighted by molar-refractivity contribution is -0.118. The van der Waals surface area contributed by atoms with E-state index in [1.807, 2.05) is 49.4 Å². The zero-order chi connectivity index (χ0) is 24.5. The zero-order valence-electron chi connectivity index (χ0n) is 19.8. The molecule has 0 fully saturated rings. The van der Waals surface area contributed by atoms with Gasteiger partial charge in [-0.3, -0.25) is 14.6 Å². The number of nitrogens with zero attached hydrogens (tertiary/aromatic N) is 2. The van der Waals surface area contributed by atoms with E-state index in [4.69, 9.17) is 24.9 Å². The summed E-state index contributed by atoms with van der Waals surface area (Å²) >= 11 is 0. The molecule has 1 aliphatic carbocycles. The lowest BCUT2D eigenvalue weighted by atomic mass is 9.80. The van der Waals surface area contributed by atoms with Crippen molar-refractivity contribution in [3.8, 4) is 0 Å². The van der Waals surface area contributed by atoms with Crippen molar-refractivity contribution < 1.29 is 23.8 Å². The van der Waals surface area contributed by atoms with Crippen LogP contribution in [0.25, 0.3) is 0 Å². The predicted octanol–water partition coefficient (Wildman–Crippen LogP) is 2.97. The molecule has 2 aromatic rings. The largest absolute Gasteiger partial charge is 0.494 e. The van der Waals surface area contributed by atoms with Crippen LogP contribution in [0.3, 0.4) is 0 Å². The normalized spacial score (nSPS) is 20.6. The molecule has 8 nitrogen and oxygen atoms in total. The number of aryl methyl sites for hydroxylation is 1. The van der Waals surface area contributed by atoms with Crippen molar-refractivity contribution in [2.75, 3.05) is 21.3 Å². The monoisotopic (exact) mass is 463 g/mol. The molecule has 34 heavy (non-hydrogen) atoms. The van der Waals surface area contributed by atoms with Crippen molar-refractivity contribution in [2.24, 2.45) is 5.73 Å². The second-order valence-corrected chi connectivity index (χ2v) is 8.47. The van der Waals surface area contributed by atoms with Crippen molar-refractivity contribution in [1.29, 1.82) is 0 Å². The van der Waals surface area contributed by atoms with Gasteiger partial charge in [-0.05, 0) is 42.3 Å². The third-order valence-electron chi connectivity index (χ3n) is 6.48. The van der Waals surface area contributed by atoms with Gasteiger partial charge in [-0.2, -0.15) is 0 Å². The molecule has 2 unspecified atom stereocenters. The SMILES string of the molecule is COC1=C(OC)C(OC)(c2cccc(C)n2)CC(C(CC(N)=O)N2Cc3ccccc3C2=O)=C1. The van der Waals surface area contributed by atoms with E-state index in [1.54, 1.807) is 25.2 Å². The van der Waals surface area contributed by atoms with Crippen molar-refractivity contribution in [3.05, 3.63) is 88.1 Å². The number of hydrogen-bond donors (Lipinski definition) is 1. The van der Waals surface area contributed by atoms with Crippen molar-refractivity contribution in [3.63, 3.8) is 0 Å². The van der Waals surface area contributed by atoms with Gasteiger partial charge < -0.3 is 24.8 Å². The van der Waals surface area contributed by atoms with Crippen LogP contribution < -0.4 is 5.73 Å². The molecule has 0 radical (unpaired) electrons. The number of nitrogens with two attached hydrogens (primary N) is 1. The number of allylic oxidation sites excluding steroid dienone is 1. The second-order valence-electron chi connectivity index (χ2n) is 8.47. The average molecular weight is 464 g/mol. The standard InChI is InChI=1S/C26H29N3O5/c1-16-8-7-11-22(28-16)26(34-4)14-18(12-21(32-2)24(26)33-3)20(13-23(27)30)29-15-17-9-5-6-10-19(17)25(29)31/h5-12,20H,13-15H2,1-4H3,(H2,27,30). The van der Waals surface area contributed by atoms with Gasteiger partial charge in [0.1, 0.15) is 0 Å². The van der Waals surface area contributed by atoms with Crippen molar-refractivity contribution in [1.82, 2.24) is 9.88 Å². The van der Waals surface area contributed by atoms with E-state index in [-0.39, 0.29) is 12.3 Å². The second kappa shape index (κ2) is 9.30. The highest BCUT2D eigenvalue weighted by Crippen LogP contribution is 2.46. The summed E-state index contributed by atoms with van der Waals surface area (Å²) in [5.74, 6) is 0.257. The van der Waals surface area contributed by atoms with Crippen LogP contribution >= 0.6 is 0 Å². The van der Waals surface area contributed by atoms with Crippen LogP contribution in [0.2, 0.25) is 0 Å². The Morgan fingerprint density at radius 2 is 1.91 bits per heavy atom. The van der Waals surface area contributed by atoms with Crippen LogP contribution in [0, 0.1) is 6.92 Å². The minimum atomic E-state index is -1.11. The molecule has 1 aliphatic heterocycles. The molecule has 1 aromatic heterocycles. The van der Waals surface area contributed by atoms with E-state index in [2.05, 4.69) is 0 Å². The summed E-state index contributed by atoms with van der Waals surface area (Å²) in [5, 5.41) is 0. The van der Waals surface area contributed by atoms with E-state index in [1.165, 1.54) is 7.11 Å². The smallest absolute Gasteiger partial charge is 0.255 e. The van der Waals surface area contributed by atoms with Gasteiger partial charge in [0.15, 0.2) is 17.1 Å². The number of rotatable bonds is 8. The number of hydrogen-bond acceptors (Lipinski definition) is 6. The molecule has 8 heteroatoms. The van der Waals surface area contributed by atoms with Crippen LogP contribution in [0.1, 0.15) is 40.2 Å². The molecule has 0 spiro atoms. The number of methoxy groups -OCH3 is 3. The fraction of sp³-hybridized carbons (Fsp3) is 0.346. The lowest BCUT2D eigenvalue weighted by Gasteiger charge is -2.40. The minimum Gasteiger partial charge on any atom is -0.494 e. The highest BCUT2D eigenvalue weighted by atomic mass is 16.5. The molecule has 2 aliphatic rings. The highest BCUT2D eigenvalue weighted by Gasteiger charge is 2.48. The number of pyridine rings is 1. The predicted molar refractivity (Wildman–Crippen MR) is 125 cm³/mol. The summed E-state index contributed by atoms with van der Waals surface area (Å²) in [6, 6.07) is 12.5. The lowest BCUT2D eigenvalue weighted by Crippen LogP contribution is -2.44. The molecule has 4 rings (SSSR count). The van der Waals surface area contributed by atoms with Crippen LogP contribution in [0.5, 0.6) is 0 Å². The quantitative estimate of drug-likeness (QED) is 0.646. The van der Waals surface area contributed by atoms with Crippen LogP contribution in [0.15, 0.2) is 65.6 Å². The molecule has 2 heterocycles. The Kier molecular flexibility index (Phi) is 6.43. The maximum absolute atomic E-state index is 13.3. The maximum atomic E-state index is 13.3. The van der Waals surface area contributed by atoms with Gasteiger partial charge in [0, 0.05) is 31.3 Å². The van der Waals surface area contributed by atoms with Crippen molar-refractivity contribution >= 4 is 11.8 Å². The number of carbonyl (C=O) groups is 2. The van der Waals surface area contributed by atoms with Gasteiger partial charge in [-0.15, -0.1) is 0 Å². The fourth-order valence-electron chi connectivity index (χ4n) is 4.89. The van der Waals surface area contributed by atoms with Crippen molar-refractivity contribution in [2.45, 2.75) is 38.0 Å². The molecule has 0 saturated heterocycles. The average Bonchev–Trinajstić information content (AvgIpc) is 3.17. The summed E-state index contributed by atoms with van der Waals surface area (Å²) in [6.07, 6.45) is 2.08. The molecule has 2 N–H and O–H groups in total. The topological polar surface area (TPSA) is 104 Å². The number of amides is 2. The summed E-state index contributed by atoms with van der Waals surface area (Å²) in [4.78, 5) is 31.9. The van der Waals surface area contributed by atoms with E-state index < -0.39 is 17.6 Å². The van der Waals surface area contributed by atoms with E-state index in [0.717, 1.165) is 16.8 Å². The molecule has 0 bridgehead atoms. The van der Waals surface area contributed by atoms with Gasteiger partial charge in [-0.1, -0.05) is 24.3 Å². The summed E-state index contributed by atoms with van der Waals surface area (Å²) in [6.45, 7) is 2.28. The Labute approximate surface area is 199 Å². The van der Waals surface area contributed by atoms with Gasteiger partial charge >= 0.3 is 0 Å². The molecular formula is C26H29N3O5. The molecule has 2 atom stereocenters. The maximum Gasteiger partial charge on any atom is 0.255 e. The Bertz CT molecular complexity index is 1190. The highest BCUT2D eigenvalue weighted by molar-refractivity contribution is 5.99. The zero-order valence-corrected chi connectivity index (χ0v) is 19.8. The van der Waals surface area contributed by atoms with E-state index in [9.17, 15) is 9.59 Å². The first kappa shape index (κ1) is 23.5. The number of aromatic nitrogens is 1. The summed E-state index contributed by atoms with van der Waals surface area (Å²) in [7, 11) is 4.68. The first-order valence-corrected chi connectivity index (χ1v) is 11.0. The van der Waals surface area contributed by atoms with Crippen LogP contribution in [0.4, 0.5) is 0 Å². The number of ether oxygens (including phenoxy) is 3. The van der Waals surface area contributed by atoms with E-state index in [0.29, 0.717) is 35.7 Å². The van der Waals surface area contributed by atoms with E-state index >= 15 is 0 Å². The number of benzene rings is 1. The third kappa shape index (κ3) is 3.94. The Morgan fingerprint density at radius 1 is 1.15 bits per heavy atom. The molecule has 1 aromatic carbocycles. The molecular weight excluding hydrogens is 434 g/mol. The number of fused-ring (bicyclic) bond motifs is 1. The van der Waals surface area contributed by atoms with Gasteiger partial charge in [0.25, 0.3) is 5.91 Å². The molecule has 2 amide bonds. The first-order chi connectivity index (χ1) is 16.3. The van der Waals surface area contributed by atoms with Gasteiger partial charge in [-0.25, -0.2) is 0 Å². The minimum absolute atomic E-state index is 0.0358. The number of carbonyl (C=O) groups excluding carboxylic acids is 2. The Hall–Kier alpha value is -3.65. The number of primary amides is 1. The summed E-state index contributed by atoms with van der Waals surface area (Å²) in [5.41, 5.74) is 8.31. The Balaban J connectivity index is 1.84. The van der Waals surface area contributed by atoms with Gasteiger partial charge in [0.05, 0.1) is 32.4 Å².